The third-order valence-electron chi connectivity index (χ3n) is 2.73. The highest BCUT2D eigenvalue weighted by Crippen LogP contribution is 2.27. The first-order valence-corrected chi connectivity index (χ1v) is 8.46. The number of nitrogens with one attached hydrogen (secondary N) is 1. The van der Waals surface area contributed by atoms with Crippen molar-refractivity contribution in [2.24, 2.45) is 5.92 Å². The maximum atomic E-state index is 11.7. The Bertz CT molecular complexity index is 572. The summed E-state index contributed by atoms with van der Waals surface area (Å²) in [5.74, 6) is 0.124. The van der Waals surface area contributed by atoms with E-state index in [2.05, 4.69) is 5.32 Å². The molecule has 1 N–H and O–H groups in total. The van der Waals surface area contributed by atoms with Gasteiger partial charge >= 0.3 is 0 Å². The zero-order chi connectivity index (χ0) is 14.6. The molecule has 1 atom stereocenters. The van der Waals surface area contributed by atoms with Crippen molar-refractivity contribution in [3.63, 3.8) is 0 Å². The molecule has 7 heteroatoms. The highest BCUT2D eigenvalue weighted by atomic mass is 35.7. The second-order valence-electron chi connectivity index (χ2n) is 4.35. The molecule has 0 aliphatic rings. The van der Waals surface area contributed by atoms with Crippen molar-refractivity contribution in [2.45, 2.75) is 31.6 Å². The van der Waals surface area contributed by atoms with Gasteiger partial charge in [0.05, 0.1) is 15.6 Å². The van der Waals surface area contributed by atoms with Crippen LogP contribution in [0.1, 0.15) is 26.7 Å². The van der Waals surface area contributed by atoms with E-state index in [4.69, 9.17) is 22.3 Å². The van der Waals surface area contributed by atoms with E-state index in [0.29, 0.717) is 12.1 Å². The molecule has 1 aromatic rings. The summed E-state index contributed by atoms with van der Waals surface area (Å²) in [6, 6.07) is 3.93. The van der Waals surface area contributed by atoms with Gasteiger partial charge in [0.1, 0.15) is 0 Å². The molecule has 4 nitrogen and oxygen atoms in total. The summed E-state index contributed by atoms with van der Waals surface area (Å²) in [4.78, 5) is 11.6. The van der Waals surface area contributed by atoms with Crippen LogP contribution in [-0.2, 0) is 13.8 Å². The van der Waals surface area contributed by atoms with E-state index >= 15 is 0 Å². The molecule has 0 radical (unpaired) electrons. The fourth-order valence-electron chi connectivity index (χ4n) is 1.41. The van der Waals surface area contributed by atoms with Crippen LogP contribution in [0.2, 0.25) is 5.02 Å². The van der Waals surface area contributed by atoms with Crippen LogP contribution in [0.4, 0.5) is 5.69 Å². The Hall–Kier alpha value is -0.780. The molecule has 0 bridgehead atoms. The van der Waals surface area contributed by atoms with E-state index in [1.165, 1.54) is 18.2 Å². The summed E-state index contributed by atoms with van der Waals surface area (Å²) in [6.45, 7) is 3.98. The number of carbonyl (C=O) groups is 1. The Morgan fingerprint density at radius 1 is 1.42 bits per heavy atom. The second kappa shape index (κ2) is 6.59. The topological polar surface area (TPSA) is 63.2 Å². The van der Waals surface area contributed by atoms with Crippen LogP contribution in [0.3, 0.4) is 0 Å². The zero-order valence-corrected chi connectivity index (χ0v) is 12.9. The molecule has 0 saturated carbocycles. The predicted molar refractivity (Wildman–Crippen MR) is 77.2 cm³/mol. The van der Waals surface area contributed by atoms with Gasteiger partial charge in [0, 0.05) is 17.1 Å². The highest BCUT2D eigenvalue weighted by molar-refractivity contribution is 8.13. The standard InChI is InChI=1S/C12H15Cl2NO3S/c1-3-8(2)6-12(16)15-11-5-4-9(7-10(11)13)19(14,17)18/h4-5,7-8H,3,6H2,1-2H3,(H,15,16). The number of carbonyl (C=O) groups excluding carboxylic acids is 1. The van der Waals surface area contributed by atoms with Crippen LogP contribution < -0.4 is 5.32 Å². The fourth-order valence-corrected chi connectivity index (χ4v) is 2.48. The van der Waals surface area contributed by atoms with Crippen molar-refractivity contribution in [1.29, 1.82) is 0 Å². The van der Waals surface area contributed by atoms with Gasteiger partial charge in [-0.3, -0.25) is 4.79 Å². The lowest BCUT2D eigenvalue weighted by atomic mass is 10.1. The normalized spacial score (nSPS) is 13.1. The molecule has 0 aromatic heterocycles. The summed E-state index contributed by atoms with van der Waals surface area (Å²) in [5.41, 5.74) is 0.374. The Kier molecular flexibility index (Phi) is 5.64. The molecule has 1 amide bonds. The Labute approximate surface area is 122 Å². The SMILES string of the molecule is CCC(C)CC(=O)Nc1ccc(S(=O)(=O)Cl)cc1Cl. The average molecular weight is 324 g/mol. The van der Waals surface area contributed by atoms with Crippen LogP contribution in [0, 0.1) is 5.92 Å². The van der Waals surface area contributed by atoms with E-state index in [1.807, 2.05) is 13.8 Å². The molecular weight excluding hydrogens is 309 g/mol. The van der Waals surface area contributed by atoms with E-state index < -0.39 is 9.05 Å². The monoisotopic (exact) mass is 323 g/mol. The first-order valence-electron chi connectivity index (χ1n) is 5.78. The van der Waals surface area contributed by atoms with Crippen molar-refractivity contribution in [3.8, 4) is 0 Å². The summed E-state index contributed by atoms with van der Waals surface area (Å²) in [6.07, 6.45) is 1.30. The summed E-state index contributed by atoms with van der Waals surface area (Å²) < 4.78 is 22.2. The van der Waals surface area contributed by atoms with Crippen molar-refractivity contribution in [1.82, 2.24) is 0 Å². The van der Waals surface area contributed by atoms with E-state index in [9.17, 15) is 13.2 Å². The first kappa shape index (κ1) is 16.3. The van der Waals surface area contributed by atoms with Gasteiger partial charge in [-0.05, 0) is 24.1 Å². The smallest absolute Gasteiger partial charge is 0.261 e. The molecule has 19 heavy (non-hydrogen) atoms. The molecule has 0 aliphatic heterocycles. The molecule has 1 unspecified atom stereocenters. The third-order valence-corrected chi connectivity index (χ3v) is 4.39. The van der Waals surface area contributed by atoms with Gasteiger partial charge in [0.2, 0.25) is 5.91 Å². The van der Waals surface area contributed by atoms with Crippen molar-refractivity contribution in [3.05, 3.63) is 23.2 Å². The molecular formula is C12H15Cl2NO3S. The first-order chi connectivity index (χ1) is 8.74. The van der Waals surface area contributed by atoms with Gasteiger partial charge in [-0.15, -0.1) is 0 Å². The van der Waals surface area contributed by atoms with Gasteiger partial charge in [0.25, 0.3) is 9.05 Å². The fraction of sp³-hybridized carbons (Fsp3) is 0.417. The number of amides is 1. The number of rotatable bonds is 5. The van der Waals surface area contributed by atoms with Crippen LogP contribution in [0.15, 0.2) is 23.1 Å². The summed E-state index contributed by atoms with van der Waals surface area (Å²) in [7, 11) is 1.38. The zero-order valence-electron chi connectivity index (χ0n) is 10.6. The van der Waals surface area contributed by atoms with E-state index in [1.54, 1.807) is 0 Å². The molecule has 106 valence electrons. The van der Waals surface area contributed by atoms with E-state index in [0.717, 1.165) is 6.42 Å². The highest BCUT2D eigenvalue weighted by Gasteiger charge is 2.14. The van der Waals surface area contributed by atoms with Crippen LogP contribution in [0.5, 0.6) is 0 Å². The minimum Gasteiger partial charge on any atom is -0.325 e. The Morgan fingerprint density at radius 2 is 2.05 bits per heavy atom. The predicted octanol–water partition coefficient (Wildman–Crippen LogP) is 3.64. The van der Waals surface area contributed by atoms with Gasteiger partial charge < -0.3 is 5.32 Å². The minimum atomic E-state index is -3.82. The number of hydrogen-bond donors (Lipinski definition) is 1. The Balaban J connectivity index is 2.84. The van der Waals surface area contributed by atoms with Crippen molar-refractivity contribution >= 4 is 42.9 Å². The summed E-state index contributed by atoms with van der Waals surface area (Å²) >= 11 is 5.91. The number of anilines is 1. The average Bonchev–Trinajstić information content (AvgIpc) is 2.30. The van der Waals surface area contributed by atoms with Crippen LogP contribution >= 0.6 is 22.3 Å². The van der Waals surface area contributed by atoms with Crippen LogP contribution in [-0.4, -0.2) is 14.3 Å². The largest absolute Gasteiger partial charge is 0.325 e. The lowest BCUT2D eigenvalue weighted by Crippen LogP contribution is -2.15. The van der Waals surface area contributed by atoms with Gasteiger partial charge in [-0.2, -0.15) is 0 Å². The molecule has 0 saturated heterocycles. The third kappa shape index (κ3) is 5.01. The van der Waals surface area contributed by atoms with Crippen LogP contribution in [0.25, 0.3) is 0 Å². The lowest BCUT2D eigenvalue weighted by molar-refractivity contribution is -0.117. The molecule has 0 spiro atoms. The van der Waals surface area contributed by atoms with Gasteiger partial charge in [-0.25, -0.2) is 8.42 Å². The van der Waals surface area contributed by atoms with Crippen molar-refractivity contribution < 1.29 is 13.2 Å². The number of benzene rings is 1. The minimum absolute atomic E-state index is 0.0981. The maximum Gasteiger partial charge on any atom is 0.261 e. The van der Waals surface area contributed by atoms with Gasteiger partial charge in [0.15, 0.2) is 0 Å². The molecule has 1 aromatic carbocycles. The quantitative estimate of drug-likeness (QED) is 0.841. The molecule has 0 heterocycles. The van der Waals surface area contributed by atoms with Crippen molar-refractivity contribution in [2.75, 3.05) is 5.32 Å². The lowest BCUT2D eigenvalue weighted by Gasteiger charge is -2.10. The molecule has 0 aliphatic carbocycles. The van der Waals surface area contributed by atoms with E-state index in [-0.39, 0.29) is 21.7 Å². The number of hydrogen-bond acceptors (Lipinski definition) is 3. The van der Waals surface area contributed by atoms with Gasteiger partial charge in [-0.1, -0.05) is 31.9 Å². The second-order valence-corrected chi connectivity index (χ2v) is 7.32. The molecule has 0 fully saturated rings. The maximum absolute atomic E-state index is 11.7. The number of halogens is 2. The molecule has 1 rings (SSSR count). The Morgan fingerprint density at radius 3 is 2.53 bits per heavy atom. The summed E-state index contributed by atoms with van der Waals surface area (Å²) in [5, 5.41) is 2.78.